The Hall–Kier alpha value is -0.670. The molecule has 0 aromatic rings. The van der Waals surface area contributed by atoms with E-state index in [1.165, 1.54) is 0 Å². The van der Waals surface area contributed by atoms with Crippen molar-refractivity contribution in [3.63, 3.8) is 0 Å². The highest BCUT2D eigenvalue weighted by Gasteiger charge is 2.22. The third kappa shape index (κ3) is 6.88. The van der Waals surface area contributed by atoms with Crippen LogP contribution in [0, 0.1) is 5.92 Å². The number of allylic oxidation sites excluding steroid dienone is 1. The fraction of sp³-hybridized carbons (Fsp3) is 0.812. The second kappa shape index (κ2) is 9.27. The summed E-state index contributed by atoms with van der Waals surface area (Å²) in [7, 11) is 0. The molecule has 1 fully saturated rings. The molecule has 1 saturated carbocycles. The molecular formula is C16H28O3. The molecule has 0 heterocycles. The lowest BCUT2D eigenvalue weighted by atomic mass is 10.0. The van der Waals surface area contributed by atoms with Gasteiger partial charge in [0.1, 0.15) is 5.78 Å². The van der Waals surface area contributed by atoms with Gasteiger partial charge in [-0.3, -0.25) is 4.79 Å². The maximum atomic E-state index is 11.5. The van der Waals surface area contributed by atoms with Gasteiger partial charge in [0.05, 0.1) is 6.10 Å². The SMILES string of the molecule is CCCCOC(C)OC(C)C=CCC1CCCC1=O. The van der Waals surface area contributed by atoms with E-state index in [0.29, 0.717) is 5.78 Å². The van der Waals surface area contributed by atoms with E-state index in [9.17, 15) is 4.79 Å². The van der Waals surface area contributed by atoms with E-state index in [4.69, 9.17) is 9.47 Å². The van der Waals surface area contributed by atoms with Crippen molar-refractivity contribution in [3.8, 4) is 0 Å². The number of carbonyl (C=O) groups is 1. The molecule has 0 aromatic carbocycles. The molecule has 0 spiro atoms. The van der Waals surface area contributed by atoms with Gasteiger partial charge in [0.15, 0.2) is 6.29 Å². The van der Waals surface area contributed by atoms with Crippen LogP contribution < -0.4 is 0 Å². The maximum Gasteiger partial charge on any atom is 0.155 e. The minimum Gasteiger partial charge on any atom is -0.353 e. The van der Waals surface area contributed by atoms with E-state index in [0.717, 1.165) is 45.1 Å². The molecule has 3 heteroatoms. The molecule has 1 aliphatic carbocycles. The number of Topliss-reactive ketones (excluding diaryl/α,β-unsaturated/α-hetero) is 1. The molecule has 3 atom stereocenters. The van der Waals surface area contributed by atoms with Crippen LogP contribution in [0.25, 0.3) is 0 Å². The normalized spacial score (nSPS) is 23.1. The van der Waals surface area contributed by atoms with Crippen molar-refractivity contribution >= 4 is 5.78 Å². The van der Waals surface area contributed by atoms with Gasteiger partial charge in [0, 0.05) is 18.9 Å². The molecule has 110 valence electrons. The highest BCUT2D eigenvalue weighted by atomic mass is 16.7. The van der Waals surface area contributed by atoms with Crippen molar-refractivity contribution in [2.24, 2.45) is 5.92 Å². The van der Waals surface area contributed by atoms with Crippen LogP contribution >= 0.6 is 0 Å². The van der Waals surface area contributed by atoms with Gasteiger partial charge in [0.25, 0.3) is 0 Å². The zero-order valence-electron chi connectivity index (χ0n) is 12.6. The van der Waals surface area contributed by atoms with Crippen molar-refractivity contribution in [1.82, 2.24) is 0 Å². The summed E-state index contributed by atoms with van der Waals surface area (Å²) in [4.78, 5) is 11.5. The standard InChI is InChI=1S/C16H28O3/c1-4-5-12-18-14(3)19-13(2)8-6-9-15-10-7-11-16(15)17/h6,8,13-15H,4-5,7,9-12H2,1-3H3. The first-order valence-corrected chi connectivity index (χ1v) is 7.60. The fourth-order valence-corrected chi connectivity index (χ4v) is 2.35. The molecule has 0 radical (unpaired) electrons. The first-order chi connectivity index (χ1) is 9.13. The van der Waals surface area contributed by atoms with E-state index in [1.807, 2.05) is 19.9 Å². The predicted octanol–water partition coefficient (Wildman–Crippen LogP) is 3.87. The van der Waals surface area contributed by atoms with Gasteiger partial charge in [-0.1, -0.05) is 25.5 Å². The lowest BCUT2D eigenvalue weighted by Crippen LogP contribution is -2.19. The van der Waals surface area contributed by atoms with E-state index in [2.05, 4.69) is 13.0 Å². The average molecular weight is 268 g/mol. The molecule has 1 aliphatic rings. The molecule has 0 aromatic heterocycles. The molecule has 0 N–H and O–H groups in total. The zero-order valence-corrected chi connectivity index (χ0v) is 12.6. The maximum absolute atomic E-state index is 11.5. The van der Waals surface area contributed by atoms with Crippen LogP contribution in [0.5, 0.6) is 0 Å². The number of unbranched alkanes of at least 4 members (excludes halogenated alkanes) is 1. The second-order valence-corrected chi connectivity index (χ2v) is 5.35. The van der Waals surface area contributed by atoms with E-state index >= 15 is 0 Å². The smallest absolute Gasteiger partial charge is 0.155 e. The highest BCUT2D eigenvalue weighted by Crippen LogP contribution is 2.24. The van der Waals surface area contributed by atoms with Gasteiger partial charge in [-0.05, 0) is 39.5 Å². The molecular weight excluding hydrogens is 240 g/mol. The van der Waals surface area contributed by atoms with E-state index in [-0.39, 0.29) is 18.3 Å². The minimum absolute atomic E-state index is 0.0353. The average Bonchev–Trinajstić information content (AvgIpc) is 2.75. The highest BCUT2D eigenvalue weighted by molar-refractivity contribution is 5.82. The summed E-state index contributed by atoms with van der Waals surface area (Å²) < 4.78 is 11.2. The number of ketones is 1. The molecule has 0 amide bonds. The number of hydrogen-bond acceptors (Lipinski definition) is 3. The summed E-state index contributed by atoms with van der Waals surface area (Å²) in [5.41, 5.74) is 0. The Kier molecular flexibility index (Phi) is 7.99. The summed E-state index contributed by atoms with van der Waals surface area (Å²) in [6, 6.07) is 0. The zero-order chi connectivity index (χ0) is 14.1. The van der Waals surface area contributed by atoms with Gasteiger partial charge >= 0.3 is 0 Å². The summed E-state index contributed by atoms with van der Waals surface area (Å²) in [5, 5.41) is 0. The Labute approximate surface area is 117 Å². The van der Waals surface area contributed by atoms with Crippen LogP contribution in [-0.4, -0.2) is 24.8 Å². The molecule has 3 nitrogen and oxygen atoms in total. The molecule has 3 unspecified atom stereocenters. The molecule has 19 heavy (non-hydrogen) atoms. The third-order valence-corrected chi connectivity index (χ3v) is 3.52. The topological polar surface area (TPSA) is 35.5 Å². The quantitative estimate of drug-likeness (QED) is 0.362. The Morgan fingerprint density at radius 2 is 2.21 bits per heavy atom. The minimum atomic E-state index is -0.167. The molecule has 0 aliphatic heterocycles. The number of hydrogen-bond donors (Lipinski definition) is 0. The van der Waals surface area contributed by atoms with Gasteiger partial charge in [0.2, 0.25) is 0 Å². The van der Waals surface area contributed by atoms with Crippen LogP contribution in [0.15, 0.2) is 12.2 Å². The Morgan fingerprint density at radius 1 is 1.42 bits per heavy atom. The molecule has 1 rings (SSSR count). The fourth-order valence-electron chi connectivity index (χ4n) is 2.35. The number of carbonyl (C=O) groups excluding carboxylic acids is 1. The predicted molar refractivity (Wildman–Crippen MR) is 77.0 cm³/mol. The first kappa shape index (κ1) is 16.4. The van der Waals surface area contributed by atoms with Crippen LogP contribution in [0.3, 0.4) is 0 Å². The summed E-state index contributed by atoms with van der Waals surface area (Å²) >= 11 is 0. The first-order valence-electron chi connectivity index (χ1n) is 7.60. The van der Waals surface area contributed by atoms with Crippen molar-refractivity contribution in [2.75, 3.05) is 6.61 Å². The van der Waals surface area contributed by atoms with Gasteiger partial charge in [-0.2, -0.15) is 0 Å². The third-order valence-electron chi connectivity index (χ3n) is 3.52. The van der Waals surface area contributed by atoms with Crippen molar-refractivity contribution in [3.05, 3.63) is 12.2 Å². The van der Waals surface area contributed by atoms with Crippen LogP contribution in [0.4, 0.5) is 0 Å². The summed E-state index contributed by atoms with van der Waals surface area (Å²) in [5.74, 6) is 0.677. The summed E-state index contributed by atoms with van der Waals surface area (Å²) in [6.07, 6.45) is 9.93. The monoisotopic (exact) mass is 268 g/mol. The Morgan fingerprint density at radius 3 is 2.84 bits per heavy atom. The van der Waals surface area contributed by atoms with Crippen molar-refractivity contribution in [1.29, 1.82) is 0 Å². The Balaban J connectivity index is 2.15. The lowest BCUT2D eigenvalue weighted by molar-refractivity contribution is -0.145. The van der Waals surface area contributed by atoms with E-state index < -0.39 is 0 Å². The van der Waals surface area contributed by atoms with E-state index in [1.54, 1.807) is 0 Å². The lowest BCUT2D eigenvalue weighted by Gasteiger charge is -2.17. The Bertz CT molecular complexity index is 286. The molecule has 0 saturated heterocycles. The van der Waals surface area contributed by atoms with Gasteiger partial charge < -0.3 is 9.47 Å². The van der Waals surface area contributed by atoms with Crippen molar-refractivity contribution in [2.45, 2.75) is 71.7 Å². The van der Waals surface area contributed by atoms with Crippen LogP contribution in [0.1, 0.15) is 59.3 Å². The number of ether oxygens (including phenoxy) is 2. The van der Waals surface area contributed by atoms with Gasteiger partial charge in [-0.25, -0.2) is 0 Å². The molecule has 0 bridgehead atoms. The largest absolute Gasteiger partial charge is 0.353 e. The van der Waals surface area contributed by atoms with Crippen molar-refractivity contribution < 1.29 is 14.3 Å². The van der Waals surface area contributed by atoms with Crippen LogP contribution in [0.2, 0.25) is 0 Å². The van der Waals surface area contributed by atoms with Gasteiger partial charge in [-0.15, -0.1) is 0 Å². The number of rotatable bonds is 9. The van der Waals surface area contributed by atoms with Crippen LogP contribution in [-0.2, 0) is 14.3 Å². The summed E-state index contributed by atoms with van der Waals surface area (Å²) in [6.45, 7) is 6.84. The second-order valence-electron chi connectivity index (χ2n) is 5.35.